The molecule has 0 spiro atoms. The van der Waals surface area contributed by atoms with E-state index in [1.165, 1.54) is 6.07 Å². The molecule has 0 saturated heterocycles. The van der Waals surface area contributed by atoms with Crippen LogP contribution < -0.4 is 10.5 Å². The number of nitrogens with two attached hydrogens (primary N) is 1. The van der Waals surface area contributed by atoms with Gasteiger partial charge in [0.15, 0.2) is 9.84 Å². The lowest BCUT2D eigenvalue weighted by Crippen LogP contribution is -2.08. The third-order valence-electron chi connectivity index (χ3n) is 1.97. The highest BCUT2D eigenvalue weighted by Gasteiger charge is 2.14. The van der Waals surface area contributed by atoms with Crippen LogP contribution in [0.2, 0.25) is 0 Å². The standard InChI is InChI=1S/C10H15NO4S/c1-14-6-7-15-8-4-3-5-9(10(8)11)16(2,12)13/h3-5H,6-7,11H2,1-2H3. The first-order chi connectivity index (χ1) is 7.46. The molecule has 16 heavy (non-hydrogen) atoms. The van der Waals surface area contributed by atoms with Crippen molar-refractivity contribution in [1.82, 2.24) is 0 Å². The molecule has 0 bridgehead atoms. The van der Waals surface area contributed by atoms with Crippen LogP contribution in [0.5, 0.6) is 5.75 Å². The zero-order valence-corrected chi connectivity index (χ0v) is 10.1. The van der Waals surface area contributed by atoms with Crippen molar-refractivity contribution >= 4 is 15.5 Å². The van der Waals surface area contributed by atoms with E-state index in [1.807, 2.05) is 0 Å². The number of hydrogen-bond acceptors (Lipinski definition) is 5. The van der Waals surface area contributed by atoms with E-state index in [2.05, 4.69) is 0 Å². The van der Waals surface area contributed by atoms with Gasteiger partial charge in [-0.25, -0.2) is 8.42 Å². The number of para-hydroxylation sites is 1. The van der Waals surface area contributed by atoms with Crippen molar-refractivity contribution in [2.75, 3.05) is 32.3 Å². The molecule has 0 aliphatic carbocycles. The molecule has 0 aliphatic rings. The lowest BCUT2D eigenvalue weighted by Gasteiger charge is -2.10. The summed E-state index contributed by atoms with van der Waals surface area (Å²) in [7, 11) is -1.77. The molecule has 0 fully saturated rings. The molecule has 1 aromatic carbocycles. The van der Waals surface area contributed by atoms with Crippen LogP contribution in [0.15, 0.2) is 23.1 Å². The summed E-state index contributed by atoms with van der Waals surface area (Å²) >= 11 is 0. The predicted octanol–water partition coefficient (Wildman–Crippen LogP) is 0.698. The fourth-order valence-corrected chi connectivity index (χ4v) is 2.03. The zero-order valence-electron chi connectivity index (χ0n) is 9.26. The second-order valence-electron chi connectivity index (χ2n) is 3.28. The summed E-state index contributed by atoms with van der Waals surface area (Å²) in [6.45, 7) is 0.746. The summed E-state index contributed by atoms with van der Waals surface area (Å²) in [6.07, 6.45) is 1.11. The van der Waals surface area contributed by atoms with Crippen LogP contribution >= 0.6 is 0 Å². The van der Waals surface area contributed by atoms with Gasteiger partial charge in [0.05, 0.1) is 17.2 Å². The number of anilines is 1. The number of methoxy groups -OCH3 is 1. The van der Waals surface area contributed by atoms with Crippen LogP contribution in [0.1, 0.15) is 0 Å². The average molecular weight is 245 g/mol. The second kappa shape index (κ2) is 5.18. The molecule has 0 unspecified atom stereocenters. The van der Waals surface area contributed by atoms with Crippen LogP contribution in [0.3, 0.4) is 0 Å². The molecule has 0 aliphatic heterocycles. The summed E-state index contributed by atoms with van der Waals surface area (Å²) in [4.78, 5) is 0.0856. The maximum Gasteiger partial charge on any atom is 0.177 e. The van der Waals surface area contributed by atoms with Gasteiger partial charge in [0.1, 0.15) is 12.4 Å². The highest BCUT2D eigenvalue weighted by Crippen LogP contribution is 2.28. The van der Waals surface area contributed by atoms with Gasteiger partial charge in [0, 0.05) is 13.4 Å². The van der Waals surface area contributed by atoms with Gasteiger partial charge < -0.3 is 15.2 Å². The van der Waals surface area contributed by atoms with Crippen LogP contribution in [0.25, 0.3) is 0 Å². The summed E-state index contributed by atoms with van der Waals surface area (Å²) in [5.41, 5.74) is 5.85. The molecule has 2 N–H and O–H groups in total. The molecule has 0 radical (unpaired) electrons. The van der Waals surface area contributed by atoms with E-state index in [1.54, 1.807) is 19.2 Å². The molecular formula is C10H15NO4S. The minimum Gasteiger partial charge on any atom is -0.489 e. The van der Waals surface area contributed by atoms with Gasteiger partial charge in [0.2, 0.25) is 0 Å². The lowest BCUT2D eigenvalue weighted by atomic mass is 10.3. The Labute approximate surface area is 95.1 Å². The molecule has 5 nitrogen and oxygen atoms in total. The number of sulfone groups is 1. The van der Waals surface area contributed by atoms with Gasteiger partial charge in [-0.3, -0.25) is 0 Å². The van der Waals surface area contributed by atoms with E-state index < -0.39 is 9.84 Å². The van der Waals surface area contributed by atoms with E-state index in [4.69, 9.17) is 15.2 Å². The maximum atomic E-state index is 11.4. The van der Waals surface area contributed by atoms with E-state index in [0.29, 0.717) is 19.0 Å². The third kappa shape index (κ3) is 3.11. The number of rotatable bonds is 5. The number of nitrogen functional groups attached to an aromatic ring is 1. The minimum atomic E-state index is -3.32. The van der Waals surface area contributed by atoms with Gasteiger partial charge in [-0.2, -0.15) is 0 Å². The summed E-state index contributed by atoms with van der Waals surface area (Å²) in [5, 5.41) is 0. The van der Waals surface area contributed by atoms with Gasteiger partial charge in [0.25, 0.3) is 0 Å². The van der Waals surface area contributed by atoms with E-state index in [-0.39, 0.29) is 10.6 Å². The molecule has 0 aromatic heterocycles. The first-order valence-electron chi connectivity index (χ1n) is 4.67. The smallest absolute Gasteiger partial charge is 0.177 e. The first kappa shape index (κ1) is 12.8. The Hall–Kier alpha value is -1.27. The predicted molar refractivity (Wildman–Crippen MR) is 61.3 cm³/mol. The second-order valence-corrected chi connectivity index (χ2v) is 5.27. The van der Waals surface area contributed by atoms with Gasteiger partial charge in [-0.15, -0.1) is 0 Å². The molecule has 0 amide bonds. The number of ether oxygens (including phenoxy) is 2. The monoisotopic (exact) mass is 245 g/mol. The Kier molecular flexibility index (Phi) is 4.14. The fraction of sp³-hybridized carbons (Fsp3) is 0.400. The normalized spacial score (nSPS) is 11.4. The highest BCUT2D eigenvalue weighted by molar-refractivity contribution is 7.90. The topological polar surface area (TPSA) is 78.6 Å². The van der Waals surface area contributed by atoms with Crippen molar-refractivity contribution in [2.24, 2.45) is 0 Å². The number of benzene rings is 1. The molecule has 0 heterocycles. The van der Waals surface area contributed by atoms with Gasteiger partial charge >= 0.3 is 0 Å². The van der Waals surface area contributed by atoms with E-state index >= 15 is 0 Å². The van der Waals surface area contributed by atoms with E-state index in [0.717, 1.165) is 6.26 Å². The van der Waals surface area contributed by atoms with Crippen molar-refractivity contribution in [2.45, 2.75) is 4.90 Å². The van der Waals surface area contributed by atoms with Gasteiger partial charge in [-0.05, 0) is 12.1 Å². The number of hydrogen-bond donors (Lipinski definition) is 1. The largest absolute Gasteiger partial charge is 0.489 e. The maximum absolute atomic E-state index is 11.4. The molecule has 0 saturated carbocycles. The van der Waals surface area contributed by atoms with E-state index in [9.17, 15) is 8.42 Å². The van der Waals surface area contributed by atoms with Crippen LogP contribution in [0.4, 0.5) is 5.69 Å². The molecule has 1 aromatic rings. The molecule has 1 rings (SSSR count). The summed E-state index contributed by atoms with van der Waals surface area (Å²) in [5.74, 6) is 0.361. The van der Waals surface area contributed by atoms with Crippen molar-refractivity contribution in [3.05, 3.63) is 18.2 Å². The Bertz CT molecular complexity index is 456. The minimum absolute atomic E-state index is 0.0856. The Morgan fingerprint density at radius 2 is 2.00 bits per heavy atom. The lowest BCUT2D eigenvalue weighted by molar-refractivity contribution is 0.146. The molecule has 0 atom stereocenters. The average Bonchev–Trinajstić information content (AvgIpc) is 2.19. The van der Waals surface area contributed by atoms with Gasteiger partial charge in [-0.1, -0.05) is 6.07 Å². The Morgan fingerprint density at radius 3 is 2.56 bits per heavy atom. The van der Waals surface area contributed by atoms with Crippen molar-refractivity contribution in [3.63, 3.8) is 0 Å². The molecule has 90 valence electrons. The Balaban J connectivity index is 2.96. The van der Waals surface area contributed by atoms with Crippen LogP contribution in [0, 0.1) is 0 Å². The van der Waals surface area contributed by atoms with Crippen LogP contribution in [-0.2, 0) is 14.6 Å². The van der Waals surface area contributed by atoms with Crippen LogP contribution in [-0.4, -0.2) is 35.0 Å². The summed E-state index contributed by atoms with van der Waals surface area (Å²) < 4.78 is 32.9. The van der Waals surface area contributed by atoms with Crippen molar-refractivity contribution in [3.8, 4) is 5.75 Å². The highest BCUT2D eigenvalue weighted by atomic mass is 32.2. The zero-order chi connectivity index (χ0) is 12.2. The molecule has 6 heteroatoms. The summed E-state index contributed by atoms with van der Waals surface area (Å²) in [6, 6.07) is 4.67. The third-order valence-corrected chi connectivity index (χ3v) is 3.13. The SMILES string of the molecule is COCCOc1cccc(S(C)(=O)=O)c1N. The fourth-order valence-electron chi connectivity index (χ4n) is 1.21. The molecular weight excluding hydrogens is 230 g/mol. The Morgan fingerprint density at radius 1 is 1.31 bits per heavy atom. The quantitative estimate of drug-likeness (QED) is 0.610. The van der Waals surface area contributed by atoms with Crippen molar-refractivity contribution < 1.29 is 17.9 Å². The van der Waals surface area contributed by atoms with Crippen molar-refractivity contribution in [1.29, 1.82) is 0 Å². The first-order valence-corrected chi connectivity index (χ1v) is 6.56.